The van der Waals surface area contributed by atoms with E-state index in [2.05, 4.69) is 0 Å². The van der Waals surface area contributed by atoms with E-state index in [1.807, 2.05) is 0 Å². The first kappa shape index (κ1) is 17.3. The van der Waals surface area contributed by atoms with E-state index in [0.717, 1.165) is 6.07 Å². The molecule has 0 atom stereocenters. The fourth-order valence-electron chi connectivity index (χ4n) is 2.89. The normalized spacial score (nSPS) is 14.7. The number of rotatable bonds is 3. The highest BCUT2D eigenvalue weighted by atomic mass is 19.2. The van der Waals surface area contributed by atoms with Gasteiger partial charge in [-0.05, 0) is 29.8 Å². The van der Waals surface area contributed by atoms with Crippen LogP contribution in [0.5, 0.6) is 0 Å². The average Bonchev–Trinajstić information content (AvgIpc) is 2.60. The van der Waals surface area contributed by atoms with Gasteiger partial charge in [0, 0.05) is 26.2 Å². The molecule has 0 aliphatic carbocycles. The summed E-state index contributed by atoms with van der Waals surface area (Å²) in [4.78, 5) is 15.5. The molecule has 1 amide bonds. The summed E-state index contributed by atoms with van der Waals surface area (Å²) < 4.78 is 53.4. The minimum atomic E-state index is -1.50. The average molecular weight is 352 g/mol. The standard InChI is InChI=1S/C18H16F4N2O/c19-13-3-1-2-12(10-13)11-16(25)24-8-6-23(7-9-24)15-5-4-14(20)17(21)18(15)22/h1-5,10H,6-9,11H2. The van der Waals surface area contributed by atoms with Gasteiger partial charge < -0.3 is 9.80 Å². The van der Waals surface area contributed by atoms with Gasteiger partial charge in [-0.25, -0.2) is 17.6 Å². The molecule has 2 aromatic carbocycles. The second-order valence-corrected chi connectivity index (χ2v) is 5.87. The van der Waals surface area contributed by atoms with Crippen molar-refractivity contribution in [2.24, 2.45) is 0 Å². The van der Waals surface area contributed by atoms with Crippen LogP contribution >= 0.6 is 0 Å². The van der Waals surface area contributed by atoms with E-state index in [1.165, 1.54) is 18.2 Å². The van der Waals surface area contributed by atoms with Crippen molar-refractivity contribution >= 4 is 11.6 Å². The molecule has 3 rings (SSSR count). The molecule has 1 heterocycles. The second-order valence-electron chi connectivity index (χ2n) is 5.87. The topological polar surface area (TPSA) is 23.6 Å². The van der Waals surface area contributed by atoms with E-state index in [4.69, 9.17) is 0 Å². The van der Waals surface area contributed by atoms with E-state index in [-0.39, 0.29) is 18.0 Å². The maximum atomic E-state index is 13.9. The van der Waals surface area contributed by atoms with Gasteiger partial charge >= 0.3 is 0 Å². The summed E-state index contributed by atoms with van der Waals surface area (Å²) in [5.74, 6) is -4.51. The monoisotopic (exact) mass is 352 g/mol. The lowest BCUT2D eigenvalue weighted by atomic mass is 10.1. The second kappa shape index (κ2) is 7.13. The third-order valence-corrected chi connectivity index (χ3v) is 4.23. The Morgan fingerprint density at radius 3 is 2.32 bits per heavy atom. The minimum Gasteiger partial charge on any atom is -0.366 e. The third kappa shape index (κ3) is 3.75. The van der Waals surface area contributed by atoms with E-state index in [1.54, 1.807) is 21.9 Å². The summed E-state index contributed by atoms with van der Waals surface area (Å²) in [6.45, 7) is 1.26. The van der Waals surface area contributed by atoms with Gasteiger partial charge in [0.2, 0.25) is 5.91 Å². The zero-order valence-electron chi connectivity index (χ0n) is 13.3. The Kier molecular flexibility index (Phi) is 4.92. The zero-order valence-corrected chi connectivity index (χ0v) is 13.3. The number of anilines is 1. The highest BCUT2D eigenvalue weighted by Gasteiger charge is 2.24. The summed E-state index contributed by atoms with van der Waals surface area (Å²) in [5.41, 5.74) is 0.565. The summed E-state index contributed by atoms with van der Waals surface area (Å²) in [6, 6.07) is 7.91. The SMILES string of the molecule is O=C(Cc1cccc(F)c1)N1CCN(c2ccc(F)c(F)c2F)CC1. The highest BCUT2D eigenvalue weighted by molar-refractivity contribution is 5.79. The van der Waals surface area contributed by atoms with Crippen molar-refractivity contribution in [2.45, 2.75) is 6.42 Å². The first-order valence-electron chi connectivity index (χ1n) is 7.86. The zero-order chi connectivity index (χ0) is 18.0. The molecule has 0 aromatic heterocycles. The molecule has 0 saturated carbocycles. The number of hydrogen-bond acceptors (Lipinski definition) is 2. The number of halogens is 4. The van der Waals surface area contributed by atoms with Gasteiger partial charge in [-0.2, -0.15) is 0 Å². The van der Waals surface area contributed by atoms with Crippen LogP contribution in [0.2, 0.25) is 0 Å². The van der Waals surface area contributed by atoms with Crippen LogP contribution in [0.15, 0.2) is 36.4 Å². The lowest BCUT2D eigenvalue weighted by molar-refractivity contribution is -0.130. The van der Waals surface area contributed by atoms with Gasteiger partial charge in [0.05, 0.1) is 12.1 Å². The van der Waals surface area contributed by atoms with E-state index in [0.29, 0.717) is 31.7 Å². The lowest BCUT2D eigenvalue weighted by Gasteiger charge is -2.36. The predicted molar refractivity (Wildman–Crippen MR) is 85.2 cm³/mol. The number of carbonyl (C=O) groups is 1. The van der Waals surface area contributed by atoms with E-state index >= 15 is 0 Å². The van der Waals surface area contributed by atoms with Gasteiger partial charge in [0.15, 0.2) is 17.5 Å². The number of carbonyl (C=O) groups excluding carboxylic acids is 1. The Balaban J connectivity index is 1.62. The number of nitrogens with zero attached hydrogens (tertiary/aromatic N) is 2. The van der Waals surface area contributed by atoms with Crippen LogP contribution in [-0.4, -0.2) is 37.0 Å². The molecule has 1 fully saturated rings. The molecule has 132 valence electrons. The maximum Gasteiger partial charge on any atom is 0.227 e. The van der Waals surface area contributed by atoms with Gasteiger partial charge in [0.25, 0.3) is 0 Å². The first-order valence-corrected chi connectivity index (χ1v) is 7.86. The molecular formula is C18H16F4N2O. The molecule has 3 nitrogen and oxygen atoms in total. The predicted octanol–water partition coefficient (Wildman–Crippen LogP) is 3.13. The summed E-state index contributed by atoms with van der Waals surface area (Å²) in [6.07, 6.45) is 0.0807. The number of piperazine rings is 1. The van der Waals surface area contributed by atoms with Crippen LogP contribution < -0.4 is 4.90 Å². The van der Waals surface area contributed by atoms with Crippen LogP contribution in [0.4, 0.5) is 23.2 Å². The molecule has 0 radical (unpaired) electrons. The lowest BCUT2D eigenvalue weighted by Crippen LogP contribution is -2.49. The van der Waals surface area contributed by atoms with Crippen molar-refractivity contribution in [2.75, 3.05) is 31.1 Å². The smallest absolute Gasteiger partial charge is 0.227 e. The Labute approximate surface area is 142 Å². The minimum absolute atomic E-state index is 0.0175. The molecule has 0 spiro atoms. The number of benzene rings is 2. The van der Waals surface area contributed by atoms with Gasteiger partial charge in [-0.15, -0.1) is 0 Å². The van der Waals surface area contributed by atoms with Gasteiger partial charge in [-0.1, -0.05) is 12.1 Å². The van der Waals surface area contributed by atoms with E-state index in [9.17, 15) is 22.4 Å². The number of amides is 1. The maximum absolute atomic E-state index is 13.9. The van der Waals surface area contributed by atoms with Crippen molar-refractivity contribution in [3.8, 4) is 0 Å². The van der Waals surface area contributed by atoms with Crippen molar-refractivity contribution in [3.05, 3.63) is 65.2 Å². The summed E-state index contributed by atoms with van der Waals surface area (Å²) in [5, 5.41) is 0. The molecule has 0 N–H and O–H groups in total. The molecule has 1 aliphatic heterocycles. The Morgan fingerprint density at radius 1 is 0.920 bits per heavy atom. The fourth-order valence-corrected chi connectivity index (χ4v) is 2.89. The molecule has 0 unspecified atom stereocenters. The highest BCUT2D eigenvalue weighted by Crippen LogP contribution is 2.24. The molecule has 1 aliphatic rings. The van der Waals surface area contributed by atoms with Crippen molar-refractivity contribution in [1.29, 1.82) is 0 Å². The van der Waals surface area contributed by atoms with Crippen molar-refractivity contribution in [1.82, 2.24) is 4.90 Å². The fraction of sp³-hybridized carbons (Fsp3) is 0.278. The Hall–Kier alpha value is -2.57. The quantitative estimate of drug-likeness (QED) is 0.626. The first-order chi connectivity index (χ1) is 12.0. The van der Waals surface area contributed by atoms with Gasteiger partial charge in [-0.3, -0.25) is 4.79 Å². The van der Waals surface area contributed by atoms with Gasteiger partial charge in [0.1, 0.15) is 5.82 Å². The van der Waals surface area contributed by atoms with Crippen LogP contribution in [0.3, 0.4) is 0 Å². The molecule has 25 heavy (non-hydrogen) atoms. The summed E-state index contributed by atoms with van der Waals surface area (Å²) in [7, 11) is 0. The van der Waals surface area contributed by atoms with Crippen LogP contribution in [-0.2, 0) is 11.2 Å². The molecule has 7 heteroatoms. The van der Waals surface area contributed by atoms with Crippen LogP contribution in [0.1, 0.15) is 5.56 Å². The van der Waals surface area contributed by atoms with Crippen molar-refractivity contribution < 1.29 is 22.4 Å². The largest absolute Gasteiger partial charge is 0.366 e. The molecular weight excluding hydrogens is 336 g/mol. The molecule has 1 saturated heterocycles. The third-order valence-electron chi connectivity index (χ3n) is 4.23. The molecule has 2 aromatic rings. The van der Waals surface area contributed by atoms with Crippen LogP contribution in [0, 0.1) is 23.3 Å². The summed E-state index contributed by atoms with van der Waals surface area (Å²) >= 11 is 0. The molecule has 0 bridgehead atoms. The van der Waals surface area contributed by atoms with Crippen LogP contribution in [0.25, 0.3) is 0 Å². The number of hydrogen-bond donors (Lipinski definition) is 0. The van der Waals surface area contributed by atoms with Crippen molar-refractivity contribution in [3.63, 3.8) is 0 Å². The Bertz CT molecular complexity index is 789. The Morgan fingerprint density at radius 2 is 1.64 bits per heavy atom. The van der Waals surface area contributed by atoms with E-state index < -0.39 is 23.3 Å².